The van der Waals surface area contributed by atoms with Gasteiger partial charge in [0.05, 0.1) is 10.9 Å². The van der Waals surface area contributed by atoms with Crippen LogP contribution >= 0.6 is 0 Å². The van der Waals surface area contributed by atoms with Gasteiger partial charge in [-0.25, -0.2) is 4.98 Å². The van der Waals surface area contributed by atoms with Gasteiger partial charge < -0.3 is 10.1 Å². The largest absolute Gasteiger partial charge is 0.506 e. The van der Waals surface area contributed by atoms with Crippen LogP contribution in [0.4, 0.5) is 0 Å². The van der Waals surface area contributed by atoms with Gasteiger partial charge in [0.25, 0.3) is 5.56 Å². The van der Waals surface area contributed by atoms with Crippen molar-refractivity contribution in [3.8, 4) is 6.07 Å². The second-order valence-corrected chi connectivity index (χ2v) is 5.08. The Balaban J connectivity index is 2.27. The van der Waals surface area contributed by atoms with E-state index in [-0.39, 0.29) is 22.7 Å². The topological polar surface area (TPSA) is 89.8 Å². The molecule has 3 aromatic rings. The fraction of sp³-hybridized carbons (Fsp3) is 0.0556. The molecular weight excluding hydrogens is 290 g/mol. The van der Waals surface area contributed by atoms with Crippen molar-refractivity contribution in [2.75, 3.05) is 0 Å². The average molecular weight is 303 g/mol. The molecule has 112 valence electrons. The van der Waals surface area contributed by atoms with E-state index in [0.717, 1.165) is 5.56 Å². The Morgan fingerprint density at radius 3 is 2.61 bits per heavy atom. The number of aliphatic hydroxyl groups excluding tert-OH is 1. The van der Waals surface area contributed by atoms with Gasteiger partial charge >= 0.3 is 0 Å². The number of para-hydroxylation sites is 1. The second-order valence-electron chi connectivity index (χ2n) is 5.08. The summed E-state index contributed by atoms with van der Waals surface area (Å²) in [6.45, 7) is 1.83. The van der Waals surface area contributed by atoms with Crippen molar-refractivity contribution < 1.29 is 5.11 Å². The predicted molar refractivity (Wildman–Crippen MR) is 88.6 cm³/mol. The minimum absolute atomic E-state index is 0.0527. The summed E-state index contributed by atoms with van der Waals surface area (Å²) in [6, 6.07) is 15.9. The summed E-state index contributed by atoms with van der Waals surface area (Å²) < 4.78 is 0. The minimum atomic E-state index is -0.351. The average Bonchev–Trinajstić information content (AvgIpc) is 2.56. The van der Waals surface area contributed by atoms with Crippen LogP contribution in [-0.2, 0) is 0 Å². The Kier molecular flexibility index (Phi) is 3.65. The molecule has 0 spiro atoms. The Labute approximate surface area is 132 Å². The second kappa shape index (κ2) is 5.78. The third-order valence-electron chi connectivity index (χ3n) is 3.60. The van der Waals surface area contributed by atoms with E-state index in [1.54, 1.807) is 36.4 Å². The maximum atomic E-state index is 12.1. The van der Waals surface area contributed by atoms with Crippen molar-refractivity contribution in [2.45, 2.75) is 6.92 Å². The minimum Gasteiger partial charge on any atom is -0.506 e. The standard InChI is InChI=1S/C18H13N3O2/c1-11-6-2-3-7-12(11)16(22)14(10-19)17-20-15-9-5-4-8-13(15)18(23)21-17/h2-9,22H,1H3,(H,20,21,23)/b16-14-. The summed E-state index contributed by atoms with van der Waals surface area (Å²) in [7, 11) is 0. The first kappa shape index (κ1) is 14.5. The zero-order valence-electron chi connectivity index (χ0n) is 12.4. The number of benzene rings is 2. The van der Waals surface area contributed by atoms with Gasteiger partial charge in [0.2, 0.25) is 0 Å². The Bertz CT molecular complexity index is 1030. The molecule has 5 heteroatoms. The first-order valence-electron chi connectivity index (χ1n) is 7.00. The fourth-order valence-corrected chi connectivity index (χ4v) is 2.40. The van der Waals surface area contributed by atoms with Crippen LogP contribution in [0.25, 0.3) is 22.2 Å². The van der Waals surface area contributed by atoms with Crippen LogP contribution in [0.2, 0.25) is 0 Å². The highest BCUT2D eigenvalue weighted by molar-refractivity contribution is 5.93. The van der Waals surface area contributed by atoms with Gasteiger partial charge in [-0.2, -0.15) is 5.26 Å². The Morgan fingerprint density at radius 1 is 1.17 bits per heavy atom. The van der Waals surface area contributed by atoms with Crippen molar-refractivity contribution in [1.29, 1.82) is 5.26 Å². The van der Waals surface area contributed by atoms with E-state index in [4.69, 9.17) is 0 Å². The molecule has 0 saturated carbocycles. The number of aromatic nitrogens is 2. The van der Waals surface area contributed by atoms with E-state index in [9.17, 15) is 15.2 Å². The van der Waals surface area contributed by atoms with Crippen LogP contribution in [0.3, 0.4) is 0 Å². The lowest BCUT2D eigenvalue weighted by Gasteiger charge is -2.07. The van der Waals surface area contributed by atoms with Crippen molar-refractivity contribution in [2.24, 2.45) is 0 Å². The maximum absolute atomic E-state index is 12.1. The summed E-state index contributed by atoms with van der Waals surface area (Å²) in [5.74, 6) is -0.152. The smallest absolute Gasteiger partial charge is 0.259 e. The monoisotopic (exact) mass is 303 g/mol. The number of aryl methyl sites for hydroxylation is 1. The van der Waals surface area contributed by atoms with Crippen LogP contribution in [0.5, 0.6) is 0 Å². The number of H-pyrrole nitrogens is 1. The van der Waals surface area contributed by atoms with E-state index >= 15 is 0 Å². The van der Waals surface area contributed by atoms with Crippen LogP contribution in [0.15, 0.2) is 53.3 Å². The first-order valence-corrected chi connectivity index (χ1v) is 7.00. The Hall–Kier alpha value is -3.39. The summed E-state index contributed by atoms with van der Waals surface area (Å²) in [5, 5.41) is 20.3. The fourth-order valence-electron chi connectivity index (χ4n) is 2.40. The number of allylic oxidation sites excluding steroid dienone is 1. The predicted octanol–water partition coefficient (Wildman–Crippen LogP) is 3.18. The molecule has 0 amide bonds. The Morgan fingerprint density at radius 2 is 1.87 bits per heavy atom. The lowest BCUT2D eigenvalue weighted by Crippen LogP contribution is -2.11. The molecule has 2 aromatic carbocycles. The van der Waals surface area contributed by atoms with Gasteiger partial charge in [0, 0.05) is 5.56 Å². The van der Waals surface area contributed by atoms with Crippen LogP contribution in [-0.4, -0.2) is 15.1 Å². The molecule has 5 nitrogen and oxygen atoms in total. The quantitative estimate of drug-likeness (QED) is 0.562. The normalized spacial score (nSPS) is 11.8. The molecule has 0 aliphatic heterocycles. The van der Waals surface area contributed by atoms with Gasteiger partial charge in [-0.05, 0) is 24.6 Å². The highest BCUT2D eigenvalue weighted by Gasteiger charge is 2.15. The number of hydrogen-bond acceptors (Lipinski definition) is 4. The number of fused-ring (bicyclic) bond motifs is 1. The number of rotatable bonds is 2. The van der Waals surface area contributed by atoms with E-state index in [0.29, 0.717) is 16.5 Å². The lowest BCUT2D eigenvalue weighted by atomic mass is 10.0. The van der Waals surface area contributed by atoms with Gasteiger partial charge in [0.1, 0.15) is 17.4 Å². The summed E-state index contributed by atoms with van der Waals surface area (Å²) in [4.78, 5) is 19.0. The highest BCUT2D eigenvalue weighted by atomic mass is 16.3. The lowest BCUT2D eigenvalue weighted by molar-refractivity contribution is 0.513. The zero-order valence-corrected chi connectivity index (χ0v) is 12.4. The van der Waals surface area contributed by atoms with Gasteiger partial charge in [-0.1, -0.05) is 36.4 Å². The van der Waals surface area contributed by atoms with Crippen LogP contribution < -0.4 is 5.56 Å². The molecule has 0 atom stereocenters. The first-order chi connectivity index (χ1) is 11.1. The number of aromatic amines is 1. The van der Waals surface area contributed by atoms with Crippen LogP contribution in [0.1, 0.15) is 17.0 Å². The molecule has 0 bridgehead atoms. The molecule has 0 aliphatic carbocycles. The van der Waals surface area contributed by atoms with Gasteiger partial charge in [0.15, 0.2) is 5.82 Å². The molecule has 0 radical (unpaired) electrons. The SMILES string of the molecule is Cc1ccccc1/C(O)=C(\C#N)c1nc2ccccc2c(=O)[nH]1. The molecule has 0 unspecified atom stereocenters. The highest BCUT2D eigenvalue weighted by Crippen LogP contribution is 2.24. The maximum Gasteiger partial charge on any atom is 0.259 e. The van der Waals surface area contributed by atoms with Crippen molar-refractivity contribution in [3.05, 3.63) is 75.8 Å². The number of aliphatic hydroxyl groups is 1. The molecule has 0 aliphatic rings. The van der Waals surface area contributed by atoms with Crippen molar-refractivity contribution in [3.63, 3.8) is 0 Å². The molecular formula is C18H13N3O2. The molecule has 0 fully saturated rings. The number of nitrogens with zero attached hydrogens (tertiary/aromatic N) is 2. The summed E-state index contributed by atoms with van der Waals surface area (Å²) in [6.07, 6.45) is 0. The summed E-state index contributed by atoms with van der Waals surface area (Å²) in [5.41, 5.74) is 1.40. The number of nitriles is 1. The zero-order chi connectivity index (χ0) is 16.4. The molecule has 0 saturated heterocycles. The molecule has 23 heavy (non-hydrogen) atoms. The van der Waals surface area contributed by atoms with Crippen molar-refractivity contribution >= 4 is 22.2 Å². The van der Waals surface area contributed by atoms with E-state index in [2.05, 4.69) is 9.97 Å². The van der Waals surface area contributed by atoms with E-state index < -0.39 is 0 Å². The van der Waals surface area contributed by atoms with E-state index in [1.807, 2.05) is 25.1 Å². The number of nitrogens with one attached hydrogen (secondary N) is 1. The third kappa shape index (κ3) is 2.58. The molecule has 1 heterocycles. The molecule has 3 rings (SSSR count). The molecule has 2 N–H and O–H groups in total. The van der Waals surface area contributed by atoms with Gasteiger partial charge in [-0.3, -0.25) is 4.79 Å². The number of hydrogen-bond donors (Lipinski definition) is 2. The van der Waals surface area contributed by atoms with Gasteiger partial charge in [-0.15, -0.1) is 0 Å². The summed E-state index contributed by atoms with van der Waals surface area (Å²) >= 11 is 0. The van der Waals surface area contributed by atoms with Crippen LogP contribution in [0, 0.1) is 18.3 Å². The third-order valence-corrected chi connectivity index (χ3v) is 3.60. The van der Waals surface area contributed by atoms with E-state index in [1.165, 1.54) is 0 Å². The molecule has 1 aromatic heterocycles. The van der Waals surface area contributed by atoms with Crippen molar-refractivity contribution in [1.82, 2.24) is 9.97 Å².